The van der Waals surface area contributed by atoms with Crippen LogP contribution in [0.5, 0.6) is 0 Å². The molecule has 0 amide bonds. The smallest absolute Gasteiger partial charge is 0.165 e. The molecule has 0 radical (unpaired) electrons. The molecule has 9 rings (SSSR count). The SMILES string of the molecule is c1ccc(-c2nc3nc(n2)c2cccc(c2)c2cccc(c2)c2nc(-c4cccnc4)nc(n2)c2cccc(c2)c2cccc3c2)cc1. The van der Waals surface area contributed by atoms with Crippen LogP contribution in [0.2, 0.25) is 0 Å². The minimum atomic E-state index is 0.563. The first kappa shape index (κ1) is 27.6. The van der Waals surface area contributed by atoms with Gasteiger partial charge in [-0.1, -0.05) is 103 Å². The molecule has 0 fully saturated rings. The second kappa shape index (κ2) is 11.6. The van der Waals surface area contributed by atoms with Crippen LogP contribution < -0.4 is 0 Å². The third-order valence-electron chi connectivity index (χ3n) is 8.37. The average molecular weight is 616 g/mol. The highest BCUT2D eigenvalue weighted by atomic mass is 15.0. The molecule has 12 bridgehead atoms. The lowest BCUT2D eigenvalue weighted by Crippen LogP contribution is -1.94. The van der Waals surface area contributed by atoms with Crippen molar-refractivity contribution in [3.8, 4) is 22.8 Å². The lowest BCUT2D eigenvalue weighted by atomic mass is 10.1. The van der Waals surface area contributed by atoms with Crippen molar-refractivity contribution in [3.05, 3.63) is 152 Å². The summed E-state index contributed by atoms with van der Waals surface area (Å²) in [6.07, 6.45) is 3.52. The highest BCUT2D eigenvalue weighted by Gasteiger charge is 2.09. The van der Waals surface area contributed by atoms with E-state index in [4.69, 9.17) is 29.9 Å². The first-order valence-electron chi connectivity index (χ1n) is 15.6. The summed E-state index contributed by atoms with van der Waals surface area (Å²) in [6, 6.07) is 47.0. The number of benzene rings is 5. The van der Waals surface area contributed by atoms with Gasteiger partial charge in [0.25, 0.3) is 0 Å². The highest BCUT2D eigenvalue weighted by Crippen LogP contribution is 2.25. The average Bonchev–Trinajstić information content (AvgIpc) is 3.18. The largest absolute Gasteiger partial charge is 0.264 e. The van der Waals surface area contributed by atoms with E-state index in [2.05, 4.69) is 53.5 Å². The topological polar surface area (TPSA) is 90.2 Å². The van der Waals surface area contributed by atoms with Crippen LogP contribution >= 0.6 is 0 Å². The summed E-state index contributed by atoms with van der Waals surface area (Å²) in [5.74, 6) is 1.18. The molecule has 0 saturated carbocycles. The predicted octanol–water partition coefficient (Wildman–Crippen LogP) is 9.39. The molecule has 0 unspecified atom stereocenters. The van der Waals surface area contributed by atoms with Crippen LogP contribution in [0.3, 0.4) is 0 Å². The molecular formula is C41H25N7. The van der Waals surface area contributed by atoms with Gasteiger partial charge in [-0.2, -0.15) is 0 Å². The zero-order valence-corrected chi connectivity index (χ0v) is 25.6. The fourth-order valence-corrected chi connectivity index (χ4v) is 5.96. The van der Waals surface area contributed by atoms with E-state index in [1.54, 1.807) is 12.4 Å². The van der Waals surface area contributed by atoms with Crippen LogP contribution in [0.4, 0.5) is 0 Å². The molecule has 224 valence electrons. The Balaban J connectivity index is 1.47. The van der Waals surface area contributed by atoms with Crippen molar-refractivity contribution in [2.45, 2.75) is 0 Å². The lowest BCUT2D eigenvalue weighted by Gasteiger charge is -2.05. The molecule has 0 N–H and O–H groups in total. The van der Waals surface area contributed by atoms with Crippen LogP contribution in [-0.2, 0) is 0 Å². The molecule has 0 aliphatic rings. The van der Waals surface area contributed by atoms with Gasteiger partial charge in [-0.15, -0.1) is 0 Å². The van der Waals surface area contributed by atoms with Gasteiger partial charge < -0.3 is 0 Å². The van der Waals surface area contributed by atoms with E-state index in [0.717, 1.165) is 54.2 Å². The fraction of sp³-hybridized carbons (Fsp3) is 0. The van der Waals surface area contributed by atoms with Crippen molar-refractivity contribution in [2.24, 2.45) is 0 Å². The molecule has 4 heterocycles. The number of fused-ring (bicyclic) bond motifs is 18. The summed E-state index contributed by atoms with van der Waals surface area (Å²) in [5.41, 5.74) is 4.12. The van der Waals surface area contributed by atoms with Gasteiger partial charge in [0.05, 0.1) is 0 Å². The lowest BCUT2D eigenvalue weighted by molar-refractivity contribution is 1.17. The predicted molar refractivity (Wildman–Crippen MR) is 193 cm³/mol. The Morgan fingerprint density at radius 1 is 0.292 bits per heavy atom. The Kier molecular flexibility index (Phi) is 6.64. The first-order chi connectivity index (χ1) is 23.7. The van der Waals surface area contributed by atoms with E-state index in [1.165, 1.54) is 0 Å². The molecule has 7 heteroatoms. The van der Waals surface area contributed by atoms with Crippen LogP contribution in [0.25, 0.3) is 88.5 Å². The third kappa shape index (κ3) is 5.19. The van der Waals surface area contributed by atoms with Crippen LogP contribution in [0.15, 0.2) is 152 Å². The Morgan fingerprint density at radius 2 is 0.667 bits per heavy atom. The van der Waals surface area contributed by atoms with Crippen molar-refractivity contribution in [1.82, 2.24) is 34.9 Å². The van der Waals surface area contributed by atoms with Gasteiger partial charge in [0, 0.05) is 45.1 Å². The molecule has 5 aromatic carbocycles. The van der Waals surface area contributed by atoms with Crippen molar-refractivity contribution in [1.29, 1.82) is 0 Å². The van der Waals surface area contributed by atoms with Crippen molar-refractivity contribution in [3.63, 3.8) is 0 Å². The molecule has 0 aliphatic heterocycles. The van der Waals surface area contributed by atoms with Gasteiger partial charge in [-0.25, -0.2) is 29.9 Å². The molecule has 7 nitrogen and oxygen atoms in total. The zero-order valence-electron chi connectivity index (χ0n) is 25.6. The molecule has 0 spiro atoms. The molecule has 4 aromatic heterocycles. The first-order valence-corrected chi connectivity index (χ1v) is 15.6. The molecular weight excluding hydrogens is 591 g/mol. The number of aromatic nitrogens is 7. The number of hydrogen-bond donors (Lipinski definition) is 0. The fourth-order valence-electron chi connectivity index (χ4n) is 5.96. The van der Waals surface area contributed by atoms with Gasteiger partial charge in [-0.05, 0) is 57.9 Å². The summed E-state index contributed by atoms with van der Waals surface area (Å²) in [7, 11) is 0. The van der Waals surface area contributed by atoms with Gasteiger partial charge in [0.2, 0.25) is 0 Å². The molecule has 0 atom stereocenters. The maximum atomic E-state index is 5.03. The highest BCUT2D eigenvalue weighted by molar-refractivity contribution is 5.96. The normalized spacial score (nSPS) is 11.3. The number of nitrogens with zero attached hydrogens (tertiary/aromatic N) is 7. The van der Waals surface area contributed by atoms with E-state index in [0.29, 0.717) is 34.2 Å². The Labute approximate surface area is 274 Å². The van der Waals surface area contributed by atoms with Gasteiger partial charge >= 0.3 is 0 Å². The zero-order chi connectivity index (χ0) is 31.9. The third-order valence-corrected chi connectivity index (χ3v) is 8.37. The van der Waals surface area contributed by atoms with Crippen LogP contribution in [0, 0.1) is 0 Å². The van der Waals surface area contributed by atoms with E-state index < -0.39 is 0 Å². The number of rotatable bonds is 2. The Hall–Kier alpha value is -6.73. The summed E-state index contributed by atoms with van der Waals surface area (Å²) in [6.45, 7) is 0. The molecule has 48 heavy (non-hydrogen) atoms. The maximum absolute atomic E-state index is 5.03. The summed E-state index contributed by atoms with van der Waals surface area (Å²) in [4.78, 5) is 34.2. The molecule has 9 aromatic rings. The van der Waals surface area contributed by atoms with Crippen molar-refractivity contribution in [2.75, 3.05) is 0 Å². The quantitative estimate of drug-likeness (QED) is 0.191. The molecule has 0 aliphatic carbocycles. The second-order valence-corrected chi connectivity index (χ2v) is 11.5. The maximum Gasteiger partial charge on any atom is 0.165 e. The monoisotopic (exact) mass is 615 g/mol. The van der Waals surface area contributed by atoms with Crippen LogP contribution in [0.1, 0.15) is 0 Å². The summed E-state index contributed by atoms with van der Waals surface area (Å²) >= 11 is 0. The van der Waals surface area contributed by atoms with Gasteiger partial charge in [0.1, 0.15) is 0 Å². The van der Waals surface area contributed by atoms with Crippen molar-refractivity contribution >= 4 is 65.7 Å². The van der Waals surface area contributed by atoms with Gasteiger partial charge in [-0.3, -0.25) is 4.98 Å². The van der Waals surface area contributed by atoms with Crippen LogP contribution in [-0.4, -0.2) is 34.9 Å². The van der Waals surface area contributed by atoms with E-state index in [9.17, 15) is 0 Å². The summed E-state index contributed by atoms with van der Waals surface area (Å²) < 4.78 is 0. The Morgan fingerprint density at radius 3 is 1.06 bits per heavy atom. The van der Waals surface area contributed by atoms with E-state index in [-0.39, 0.29) is 0 Å². The minimum Gasteiger partial charge on any atom is -0.264 e. The van der Waals surface area contributed by atoms with E-state index >= 15 is 0 Å². The number of hydrogen-bond acceptors (Lipinski definition) is 7. The van der Waals surface area contributed by atoms with Gasteiger partial charge in [0.15, 0.2) is 34.2 Å². The summed E-state index contributed by atoms with van der Waals surface area (Å²) in [5, 5.41) is 7.64. The van der Waals surface area contributed by atoms with E-state index in [1.807, 2.05) is 91.0 Å². The number of pyridine rings is 1. The molecule has 0 saturated heterocycles. The standard InChI is InChI=1S/C41H25N7/c1-2-9-26(10-3-1)36-43-37-31-15-4-11-27(21-31)29-13-6-17-33(23-29)39-46-40(48-41(47-39)35-19-8-20-42-25-35)34-18-7-14-30(24-34)28-12-5-16-32(22-28)38(44-36)45-37/h1-25H. The minimum absolute atomic E-state index is 0.563. The van der Waals surface area contributed by atoms with Crippen molar-refractivity contribution < 1.29 is 0 Å². The Bertz CT molecular complexity index is 2440. The second-order valence-electron chi connectivity index (χ2n) is 11.5.